The van der Waals surface area contributed by atoms with E-state index in [0.717, 1.165) is 0 Å². The van der Waals surface area contributed by atoms with Crippen molar-refractivity contribution >= 4 is 39.2 Å². The number of nitrogens with two attached hydrogens (primary N) is 1. The lowest BCUT2D eigenvalue weighted by molar-refractivity contribution is 0.627. The van der Waals surface area contributed by atoms with Gasteiger partial charge >= 0.3 is 0 Å². The summed E-state index contributed by atoms with van der Waals surface area (Å²) in [5, 5.41) is 7.46. The largest absolute Gasteiger partial charge is 0.370 e. The monoisotopic (exact) mass is 279 g/mol. The van der Waals surface area contributed by atoms with Gasteiger partial charge in [-0.3, -0.25) is 5.41 Å². The van der Waals surface area contributed by atoms with E-state index in [9.17, 15) is 4.39 Å². The van der Waals surface area contributed by atoms with Crippen LogP contribution in [0, 0.1) is 11.2 Å². The first kappa shape index (κ1) is 11.3. The molecule has 6 heteroatoms. The molecule has 0 amide bonds. The molecular weight excluding hydrogens is 272 g/mol. The van der Waals surface area contributed by atoms with Crippen LogP contribution in [-0.2, 0) is 0 Å². The van der Waals surface area contributed by atoms with E-state index >= 15 is 0 Å². The van der Waals surface area contributed by atoms with Crippen molar-refractivity contribution in [3.63, 3.8) is 0 Å². The van der Waals surface area contributed by atoms with Crippen molar-refractivity contribution in [2.75, 3.05) is 11.9 Å². The first-order chi connectivity index (χ1) is 6.43. The molecule has 14 heavy (non-hydrogen) atoms. The Kier molecular flexibility index (Phi) is 3.34. The fourth-order valence-electron chi connectivity index (χ4n) is 0.975. The van der Waals surface area contributed by atoms with Crippen LogP contribution in [0.15, 0.2) is 16.6 Å². The Balaban J connectivity index is 3.27. The number of nitrogens with zero attached hydrogens (tertiary/aromatic N) is 1. The lowest BCUT2D eigenvalue weighted by Crippen LogP contribution is -2.33. The van der Waals surface area contributed by atoms with E-state index < -0.39 is 5.82 Å². The standard InChI is InChI=1S/C8H8BrClFN3/c1-14(8(12)13)7-5(9)2-4(10)3-6(7)11/h2-3H,1H3,(H3,12,13). The average molecular weight is 281 g/mol. The van der Waals surface area contributed by atoms with Gasteiger partial charge in [-0.2, -0.15) is 0 Å². The molecule has 0 fully saturated rings. The Morgan fingerprint density at radius 3 is 2.64 bits per heavy atom. The fraction of sp³-hybridized carbons (Fsp3) is 0.125. The summed E-state index contributed by atoms with van der Waals surface area (Å²) < 4.78 is 13.9. The molecule has 0 spiro atoms. The van der Waals surface area contributed by atoms with Gasteiger partial charge in [0.25, 0.3) is 0 Å². The molecule has 0 bridgehead atoms. The van der Waals surface area contributed by atoms with Crippen LogP contribution < -0.4 is 10.6 Å². The van der Waals surface area contributed by atoms with E-state index in [2.05, 4.69) is 15.9 Å². The Hall–Kier alpha value is -0.810. The van der Waals surface area contributed by atoms with Crippen molar-refractivity contribution in [3.8, 4) is 0 Å². The molecule has 1 aromatic carbocycles. The van der Waals surface area contributed by atoms with Gasteiger partial charge in [0.2, 0.25) is 0 Å². The molecule has 0 heterocycles. The summed E-state index contributed by atoms with van der Waals surface area (Å²) in [4.78, 5) is 1.22. The van der Waals surface area contributed by atoms with Gasteiger partial charge in [-0.1, -0.05) is 11.6 Å². The molecule has 0 radical (unpaired) electrons. The molecule has 0 atom stereocenters. The minimum Gasteiger partial charge on any atom is -0.370 e. The predicted molar refractivity (Wildman–Crippen MR) is 59.4 cm³/mol. The van der Waals surface area contributed by atoms with Crippen molar-refractivity contribution in [1.29, 1.82) is 5.41 Å². The maximum absolute atomic E-state index is 13.4. The van der Waals surface area contributed by atoms with Crippen molar-refractivity contribution in [1.82, 2.24) is 0 Å². The van der Waals surface area contributed by atoms with Gasteiger partial charge < -0.3 is 10.6 Å². The lowest BCUT2D eigenvalue weighted by atomic mass is 10.3. The van der Waals surface area contributed by atoms with Crippen LogP contribution in [0.3, 0.4) is 0 Å². The molecule has 3 nitrogen and oxygen atoms in total. The zero-order valence-corrected chi connectivity index (χ0v) is 9.66. The summed E-state index contributed by atoms with van der Waals surface area (Å²) in [6, 6.07) is 2.71. The van der Waals surface area contributed by atoms with E-state index in [-0.39, 0.29) is 16.7 Å². The molecular formula is C8H8BrClFN3. The molecule has 1 rings (SSSR count). The summed E-state index contributed by atoms with van der Waals surface area (Å²) in [5.41, 5.74) is 5.43. The van der Waals surface area contributed by atoms with Crippen molar-refractivity contribution in [2.24, 2.45) is 5.73 Å². The Bertz CT molecular complexity index is 360. The summed E-state index contributed by atoms with van der Waals surface area (Å²) in [7, 11) is 1.50. The number of nitrogens with one attached hydrogen (secondary N) is 1. The van der Waals surface area contributed by atoms with Gasteiger partial charge in [0.1, 0.15) is 5.82 Å². The minimum atomic E-state index is -0.526. The second-order valence-corrected chi connectivity index (χ2v) is 3.95. The van der Waals surface area contributed by atoms with Gasteiger partial charge in [-0.25, -0.2) is 4.39 Å². The van der Waals surface area contributed by atoms with E-state index in [0.29, 0.717) is 4.47 Å². The number of benzene rings is 1. The average Bonchev–Trinajstić information content (AvgIpc) is 2.01. The van der Waals surface area contributed by atoms with Gasteiger partial charge in [0.05, 0.1) is 5.69 Å². The second-order valence-electron chi connectivity index (χ2n) is 2.66. The Morgan fingerprint density at radius 1 is 1.64 bits per heavy atom. The third-order valence-corrected chi connectivity index (χ3v) is 2.50. The Labute approximate surface area is 94.3 Å². The molecule has 1 aromatic rings. The van der Waals surface area contributed by atoms with E-state index in [1.54, 1.807) is 6.07 Å². The zero-order valence-electron chi connectivity index (χ0n) is 7.31. The number of rotatable bonds is 1. The summed E-state index contributed by atoms with van der Waals surface area (Å²) in [6.07, 6.45) is 0. The number of hydrogen-bond donors (Lipinski definition) is 2. The van der Waals surface area contributed by atoms with Crippen LogP contribution in [0.25, 0.3) is 0 Å². The summed E-state index contributed by atoms with van der Waals surface area (Å²) in [5.74, 6) is -0.769. The smallest absolute Gasteiger partial charge is 0.192 e. The molecule has 0 aliphatic heterocycles. The topological polar surface area (TPSA) is 53.1 Å². The van der Waals surface area contributed by atoms with Gasteiger partial charge in [0.15, 0.2) is 5.96 Å². The van der Waals surface area contributed by atoms with Crippen molar-refractivity contribution in [3.05, 3.63) is 27.4 Å². The van der Waals surface area contributed by atoms with E-state index in [4.69, 9.17) is 22.7 Å². The van der Waals surface area contributed by atoms with Crippen LogP contribution in [0.4, 0.5) is 10.1 Å². The molecule has 3 N–H and O–H groups in total. The van der Waals surface area contributed by atoms with Crippen molar-refractivity contribution < 1.29 is 4.39 Å². The lowest BCUT2D eigenvalue weighted by Gasteiger charge is -2.19. The Morgan fingerprint density at radius 2 is 2.21 bits per heavy atom. The van der Waals surface area contributed by atoms with Crippen LogP contribution in [0.1, 0.15) is 0 Å². The molecule has 76 valence electrons. The predicted octanol–water partition coefficient (Wildman–Crippen LogP) is 2.57. The third-order valence-electron chi connectivity index (χ3n) is 1.68. The van der Waals surface area contributed by atoms with Gasteiger partial charge in [0, 0.05) is 16.5 Å². The van der Waals surface area contributed by atoms with Crippen LogP contribution in [-0.4, -0.2) is 13.0 Å². The van der Waals surface area contributed by atoms with E-state index in [1.807, 2.05) is 0 Å². The third kappa shape index (κ3) is 2.16. The first-order valence-corrected chi connectivity index (χ1v) is 4.83. The SMILES string of the molecule is CN(C(=N)N)c1c(F)cc(Cl)cc1Br. The second kappa shape index (κ2) is 4.14. The quantitative estimate of drug-likeness (QED) is 0.613. The van der Waals surface area contributed by atoms with E-state index in [1.165, 1.54) is 18.0 Å². The number of hydrogen-bond acceptors (Lipinski definition) is 1. The fourth-order valence-corrected chi connectivity index (χ4v) is 2.01. The zero-order chi connectivity index (χ0) is 10.9. The number of guanidine groups is 1. The van der Waals surface area contributed by atoms with Gasteiger partial charge in [-0.05, 0) is 28.1 Å². The van der Waals surface area contributed by atoms with Crippen LogP contribution >= 0.6 is 27.5 Å². The minimum absolute atomic E-state index is 0.196. The molecule has 0 aliphatic rings. The van der Waals surface area contributed by atoms with Crippen LogP contribution in [0.5, 0.6) is 0 Å². The highest BCUT2D eigenvalue weighted by Gasteiger charge is 2.14. The molecule has 0 saturated heterocycles. The molecule has 0 saturated carbocycles. The number of anilines is 1. The molecule has 0 aliphatic carbocycles. The highest BCUT2D eigenvalue weighted by atomic mass is 79.9. The highest BCUT2D eigenvalue weighted by Crippen LogP contribution is 2.31. The first-order valence-electron chi connectivity index (χ1n) is 3.65. The maximum atomic E-state index is 13.4. The van der Waals surface area contributed by atoms with Crippen molar-refractivity contribution in [2.45, 2.75) is 0 Å². The molecule has 0 unspecified atom stereocenters. The normalized spacial score (nSPS) is 10.0. The van der Waals surface area contributed by atoms with Gasteiger partial charge in [-0.15, -0.1) is 0 Å². The van der Waals surface area contributed by atoms with Crippen LogP contribution in [0.2, 0.25) is 5.02 Å². The summed E-state index contributed by atoms with van der Waals surface area (Å²) >= 11 is 8.78. The molecule has 0 aromatic heterocycles. The highest BCUT2D eigenvalue weighted by molar-refractivity contribution is 9.10. The number of halogens is 3. The summed E-state index contributed by atoms with van der Waals surface area (Å²) in [6.45, 7) is 0. The maximum Gasteiger partial charge on any atom is 0.192 e.